The van der Waals surface area contributed by atoms with Crippen LogP contribution in [0.5, 0.6) is 0 Å². The van der Waals surface area contributed by atoms with Gasteiger partial charge in [-0.05, 0) is 24.6 Å². The molecule has 0 saturated carbocycles. The van der Waals surface area contributed by atoms with Gasteiger partial charge in [-0.25, -0.2) is 13.2 Å². The Kier molecular flexibility index (Phi) is 8.01. The first-order chi connectivity index (χ1) is 14.2. The van der Waals surface area contributed by atoms with Crippen molar-refractivity contribution in [3.05, 3.63) is 60.4 Å². The quantitative estimate of drug-likeness (QED) is 0.583. The fourth-order valence-corrected chi connectivity index (χ4v) is 3.35. The highest BCUT2D eigenvalue weighted by Gasteiger charge is 2.26. The molecule has 2 aromatic rings. The molecule has 0 aliphatic rings. The predicted molar refractivity (Wildman–Crippen MR) is 106 cm³/mol. The molecule has 160 valence electrons. The molecule has 10 nitrogen and oxygen atoms in total. The van der Waals surface area contributed by atoms with E-state index in [1.807, 2.05) is 30.3 Å². The van der Waals surface area contributed by atoms with E-state index in [-0.39, 0.29) is 11.4 Å². The zero-order chi connectivity index (χ0) is 22.1. The molecule has 0 aliphatic carbocycles. The van der Waals surface area contributed by atoms with Crippen molar-refractivity contribution in [3.8, 4) is 0 Å². The Bertz CT molecular complexity index is 983. The standard InChI is InChI=1S/C19H22N4O6S/c1-14(18(25)22-19(26)21-11-15-7-4-3-5-8-15)29-17(24)13-23(2)30(27,28)16-9-6-10-20-12-16/h3-10,12,14H,11,13H2,1-2H3,(H2,21,22,25,26)/t14-/m0/s1. The summed E-state index contributed by atoms with van der Waals surface area (Å²) in [4.78, 5) is 39.5. The van der Waals surface area contributed by atoms with E-state index in [4.69, 9.17) is 4.74 Å². The van der Waals surface area contributed by atoms with Crippen molar-refractivity contribution < 1.29 is 27.5 Å². The largest absolute Gasteiger partial charge is 0.452 e. The van der Waals surface area contributed by atoms with Gasteiger partial charge in [0.1, 0.15) is 11.4 Å². The van der Waals surface area contributed by atoms with Gasteiger partial charge in [0.25, 0.3) is 5.91 Å². The molecule has 30 heavy (non-hydrogen) atoms. The Morgan fingerprint density at radius 2 is 1.83 bits per heavy atom. The summed E-state index contributed by atoms with van der Waals surface area (Å²) in [6.07, 6.45) is 1.28. The number of benzene rings is 1. The molecule has 0 fully saturated rings. The van der Waals surface area contributed by atoms with Crippen LogP contribution in [0.25, 0.3) is 0 Å². The number of esters is 1. The number of likely N-dealkylation sites (N-methyl/N-ethyl adjacent to an activating group) is 1. The summed E-state index contributed by atoms with van der Waals surface area (Å²) in [6.45, 7) is 0.869. The van der Waals surface area contributed by atoms with Crippen LogP contribution < -0.4 is 10.6 Å². The van der Waals surface area contributed by atoms with E-state index < -0.39 is 40.6 Å². The summed E-state index contributed by atoms with van der Waals surface area (Å²) >= 11 is 0. The second-order valence-electron chi connectivity index (χ2n) is 6.24. The van der Waals surface area contributed by atoms with Gasteiger partial charge in [0.15, 0.2) is 6.10 Å². The molecule has 0 aliphatic heterocycles. The summed E-state index contributed by atoms with van der Waals surface area (Å²) in [5, 5.41) is 4.56. The molecule has 0 radical (unpaired) electrons. The van der Waals surface area contributed by atoms with E-state index >= 15 is 0 Å². The lowest BCUT2D eigenvalue weighted by Crippen LogP contribution is -2.45. The summed E-state index contributed by atoms with van der Waals surface area (Å²) in [7, 11) is -2.74. The molecule has 1 atom stereocenters. The van der Waals surface area contributed by atoms with Crippen molar-refractivity contribution in [2.75, 3.05) is 13.6 Å². The molecule has 0 saturated heterocycles. The van der Waals surface area contributed by atoms with Gasteiger partial charge in [-0.3, -0.25) is 19.9 Å². The van der Waals surface area contributed by atoms with Gasteiger partial charge >= 0.3 is 12.0 Å². The SMILES string of the molecule is C[C@H](OC(=O)CN(C)S(=O)(=O)c1cccnc1)C(=O)NC(=O)NCc1ccccc1. The van der Waals surface area contributed by atoms with Gasteiger partial charge in [-0.15, -0.1) is 0 Å². The fraction of sp³-hybridized carbons (Fsp3) is 0.263. The third-order valence-electron chi connectivity index (χ3n) is 3.90. The maximum absolute atomic E-state index is 12.4. The van der Waals surface area contributed by atoms with Gasteiger partial charge < -0.3 is 10.1 Å². The van der Waals surface area contributed by atoms with Crippen molar-refractivity contribution in [2.24, 2.45) is 0 Å². The van der Waals surface area contributed by atoms with Crippen molar-refractivity contribution in [1.82, 2.24) is 19.9 Å². The lowest BCUT2D eigenvalue weighted by atomic mass is 10.2. The van der Waals surface area contributed by atoms with Gasteiger partial charge in [0.2, 0.25) is 10.0 Å². The van der Waals surface area contributed by atoms with Crippen LogP contribution in [-0.2, 0) is 30.9 Å². The first kappa shape index (κ1) is 23.0. The number of sulfonamides is 1. The monoisotopic (exact) mass is 434 g/mol. The molecule has 1 heterocycles. The van der Waals surface area contributed by atoms with Gasteiger partial charge in [-0.1, -0.05) is 30.3 Å². The van der Waals surface area contributed by atoms with E-state index in [1.165, 1.54) is 32.3 Å². The molecule has 2 rings (SSSR count). The summed E-state index contributed by atoms with van der Waals surface area (Å²) in [5.74, 6) is -1.79. The Morgan fingerprint density at radius 1 is 1.13 bits per heavy atom. The number of pyridine rings is 1. The lowest BCUT2D eigenvalue weighted by molar-refractivity contribution is -0.154. The van der Waals surface area contributed by atoms with Crippen molar-refractivity contribution in [3.63, 3.8) is 0 Å². The first-order valence-electron chi connectivity index (χ1n) is 8.88. The van der Waals surface area contributed by atoms with Gasteiger partial charge in [0.05, 0.1) is 0 Å². The van der Waals surface area contributed by atoms with E-state index in [0.717, 1.165) is 16.1 Å². The summed E-state index contributed by atoms with van der Waals surface area (Å²) in [5.41, 5.74) is 0.845. The molecule has 0 unspecified atom stereocenters. The van der Waals surface area contributed by atoms with Crippen LogP contribution in [0, 0.1) is 0 Å². The Balaban J connectivity index is 1.81. The zero-order valence-electron chi connectivity index (χ0n) is 16.4. The number of carbonyl (C=O) groups is 3. The van der Waals surface area contributed by atoms with Crippen molar-refractivity contribution >= 4 is 27.9 Å². The zero-order valence-corrected chi connectivity index (χ0v) is 17.3. The second kappa shape index (κ2) is 10.5. The van der Waals surface area contributed by atoms with E-state index in [0.29, 0.717) is 0 Å². The highest BCUT2D eigenvalue weighted by molar-refractivity contribution is 7.89. The summed E-state index contributed by atoms with van der Waals surface area (Å²) < 4.78 is 30.4. The molecule has 1 aromatic heterocycles. The van der Waals surface area contributed by atoms with E-state index in [2.05, 4.69) is 15.6 Å². The van der Waals surface area contributed by atoms with Crippen molar-refractivity contribution in [2.45, 2.75) is 24.5 Å². The highest BCUT2D eigenvalue weighted by atomic mass is 32.2. The van der Waals surface area contributed by atoms with Gasteiger partial charge in [-0.2, -0.15) is 4.31 Å². The molecule has 0 spiro atoms. The van der Waals surface area contributed by atoms with Gasteiger partial charge in [0, 0.05) is 26.0 Å². The minimum atomic E-state index is -3.94. The van der Waals surface area contributed by atoms with Crippen LogP contribution in [-0.4, -0.2) is 55.3 Å². The van der Waals surface area contributed by atoms with Crippen LogP contribution in [0.4, 0.5) is 4.79 Å². The molecule has 3 amide bonds. The number of nitrogens with zero attached hydrogens (tertiary/aromatic N) is 2. The second-order valence-corrected chi connectivity index (χ2v) is 8.28. The number of aromatic nitrogens is 1. The molecule has 1 aromatic carbocycles. The normalized spacial score (nSPS) is 12.1. The third-order valence-corrected chi connectivity index (χ3v) is 5.69. The third kappa shape index (κ3) is 6.64. The predicted octanol–water partition coefficient (Wildman–Crippen LogP) is 0.660. The van der Waals surface area contributed by atoms with Crippen LogP contribution in [0.15, 0.2) is 59.8 Å². The van der Waals surface area contributed by atoms with Crippen molar-refractivity contribution in [1.29, 1.82) is 0 Å². The maximum Gasteiger partial charge on any atom is 0.322 e. The topological polar surface area (TPSA) is 135 Å². The average molecular weight is 434 g/mol. The number of ether oxygens (including phenoxy) is 1. The smallest absolute Gasteiger partial charge is 0.322 e. The first-order valence-corrected chi connectivity index (χ1v) is 10.3. The van der Waals surface area contributed by atoms with E-state index in [9.17, 15) is 22.8 Å². The number of hydrogen-bond acceptors (Lipinski definition) is 7. The van der Waals surface area contributed by atoms with Crippen LogP contribution >= 0.6 is 0 Å². The Hall–Kier alpha value is -3.31. The molecular weight excluding hydrogens is 412 g/mol. The van der Waals surface area contributed by atoms with E-state index in [1.54, 1.807) is 0 Å². The molecule has 11 heteroatoms. The number of hydrogen-bond donors (Lipinski definition) is 2. The highest BCUT2D eigenvalue weighted by Crippen LogP contribution is 2.12. The fourth-order valence-electron chi connectivity index (χ4n) is 2.27. The Labute approximate surface area is 174 Å². The Morgan fingerprint density at radius 3 is 2.47 bits per heavy atom. The van der Waals surface area contributed by atoms with Crippen LogP contribution in [0.2, 0.25) is 0 Å². The minimum Gasteiger partial charge on any atom is -0.452 e. The number of imide groups is 1. The minimum absolute atomic E-state index is 0.0822. The number of carbonyl (C=O) groups excluding carboxylic acids is 3. The summed E-state index contributed by atoms with van der Waals surface area (Å²) in [6, 6.07) is 11.1. The maximum atomic E-state index is 12.4. The lowest BCUT2D eigenvalue weighted by Gasteiger charge is -2.18. The van der Waals surface area contributed by atoms with Crippen LogP contribution in [0.3, 0.4) is 0 Å². The number of rotatable bonds is 8. The number of urea groups is 1. The molecule has 2 N–H and O–H groups in total. The number of amides is 3. The average Bonchev–Trinajstić information content (AvgIpc) is 2.73. The van der Waals surface area contributed by atoms with Crippen LogP contribution in [0.1, 0.15) is 12.5 Å². The molecular formula is C19H22N4O6S. The number of nitrogens with one attached hydrogen (secondary N) is 2. The molecule has 0 bridgehead atoms.